The molecule has 0 bridgehead atoms. The van der Waals surface area contributed by atoms with Crippen LogP contribution in [0.5, 0.6) is 0 Å². The number of hydrogen-bond donors (Lipinski definition) is 3. The number of amides is 1. The monoisotopic (exact) mass is 336 g/mol. The molecule has 1 aliphatic rings. The van der Waals surface area contributed by atoms with E-state index in [4.69, 9.17) is 11.5 Å². The summed E-state index contributed by atoms with van der Waals surface area (Å²) in [5, 5.41) is 11.6. The minimum atomic E-state index is -3.82. The Balaban J connectivity index is 2.17. The van der Waals surface area contributed by atoms with Crippen LogP contribution in [0, 0.1) is 18.3 Å². The first-order chi connectivity index (χ1) is 10.8. The third kappa shape index (κ3) is 4.31. The Labute approximate surface area is 134 Å². The zero-order valence-electron chi connectivity index (χ0n) is 12.2. The number of hydrogen-bond acceptors (Lipinski definition) is 4. The number of aliphatic carboxylic acids is 1. The largest absolute Gasteiger partial charge is 0.480 e. The number of rotatable bonds is 7. The zero-order chi connectivity index (χ0) is 17.0. The van der Waals surface area contributed by atoms with Crippen LogP contribution in [0.1, 0.15) is 23.2 Å². The number of sulfonamides is 1. The molecule has 1 saturated carbocycles. The average molecular weight is 336 g/mol. The molecule has 3 N–H and O–H groups in total. The number of carboxylic acid groups (broad SMARTS) is 1. The second-order valence-electron chi connectivity index (χ2n) is 5.18. The van der Waals surface area contributed by atoms with Crippen molar-refractivity contribution in [2.75, 3.05) is 6.54 Å². The van der Waals surface area contributed by atoms with Gasteiger partial charge in [0.2, 0.25) is 10.0 Å². The van der Waals surface area contributed by atoms with Gasteiger partial charge in [0.1, 0.15) is 6.04 Å². The Hall–Kier alpha value is -2.37. The summed E-state index contributed by atoms with van der Waals surface area (Å²) in [6.45, 7) is -0.165. The third-order valence-electron chi connectivity index (χ3n) is 3.42. The summed E-state index contributed by atoms with van der Waals surface area (Å²) in [4.78, 5) is 23.2. The van der Waals surface area contributed by atoms with Gasteiger partial charge in [-0.2, -0.15) is 4.72 Å². The van der Waals surface area contributed by atoms with Crippen molar-refractivity contribution in [3.63, 3.8) is 0 Å². The van der Waals surface area contributed by atoms with Crippen LogP contribution in [0.4, 0.5) is 0 Å². The van der Waals surface area contributed by atoms with E-state index < -0.39 is 27.9 Å². The molecule has 2 rings (SSSR count). The quantitative estimate of drug-likeness (QED) is 0.615. The highest BCUT2D eigenvalue weighted by atomic mass is 32.2. The van der Waals surface area contributed by atoms with Gasteiger partial charge in [0.15, 0.2) is 0 Å². The van der Waals surface area contributed by atoms with E-state index >= 15 is 0 Å². The van der Waals surface area contributed by atoms with Crippen LogP contribution in [0.2, 0.25) is 0 Å². The van der Waals surface area contributed by atoms with Crippen molar-refractivity contribution in [3.05, 3.63) is 29.8 Å². The SMILES string of the molecule is C#CCNS(=O)(=O)c1cccc(C(=O)NC(C(=O)O)C2CC2)c1. The lowest BCUT2D eigenvalue weighted by molar-refractivity contribution is -0.139. The van der Waals surface area contributed by atoms with Crippen molar-refractivity contribution in [3.8, 4) is 12.3 Å². The van der Waals surface area contributed by atoms with E-state index in [9.17, 15) is 18.0 Å². The van der Waals surface area contributed by atoms with Crippen molar-refractivity contribution in [2.24, 2.45) is 5.92 Å². The van der Waals surface area contributed by atoms with Crippen LogP contribution >= 0.6 is 0 Å². The molecule has 0 radical (unpaired) electrons. The summed E-state index contributed by atoms with van der Waals surface area (Å²) in [7, 11) is -3.82. The molecular weight excluding hydrogens is 320 g/mol. The number of benzene rings is 1. The molecular formula is C15H16N2O5S. The number of carboxylic acids is 1. The summed E-state index contributed by atoms with van der Waals surface area (Å²) in [6, 6.07) is 4.38. The van der Waals surface area contributed by atoms with E-state index in [1.54, 1.807) is 0 Å². The molecule has 1 aromatic rings. The van der Waals surface area contributed by atoms with E-state index in [-0.39, 0.29) is 22.9 Å². The Morgan fingerprint density at radius 2 is 2.09 bits per heavy atom. The van der Waals surface area contributed by atoms with Gasteiger partial charge in [-0.1, -0.05) is 12.0 Å². The summed E-state index contributed by atoms with van der Waals surface area (Å²) < 4.78 is 26.2. The summed E-state index contributed by atoms with van der Waals surface area (Å²) in [5.41, 5.74) is 0.0699. The lowest BCUT2D eigenvalue weighted by atomic mass is 10.1. The van der Waals surface area contributed by atoms with E-state index in [0.29, 0.717) is 0 Å². The minimum Gasteiger partial charge on any atom is -0.480 e. The maximum absolute atomic E-state index is 12.2. The van der Waals surface area contributed by atoms with Gasteiger partial charge in [-0.3, -0.25) is 4.79 Å². The first kappa shape index (κ1) is 17.0. The lowest BCUT2D eigenvalue weighted by Gasteiger charge is -2.14. The number of terminal acetylenes is 1. The van der Waals surface area contributed by atoms with Crippen LogP contribution in [-0.2, 0) is 14.8 Å². The summed E-state index contributed by atoms with van der Waals surface area (Å²) in [6.07, 6.45) is 6.52. The summed E-state index contributed by atoms with van der Waals surface area (Å²) >= 11 is 0. The molecule has 0 aliphatic heterocycles. The second kappa shape index (κ2) is 6.81. The number of carbonyl (C=O) groups is 2. The molecule has 1 fully saturated rings. The molecule has 1 amide bonds. The lowest BCUT2D eigenvalue weighted by Crippen LogP contribution is -2.42. The maximum atomic E-state index is 12.2. The molecule has 0 spiro atoms. The fourth-order valence-corrected chi connectivity index (χ4v) is 3.04. The van der Waals surface area contributed by atoms with Crippen LogP contribution in [0.25, 0.3) is 0 Å². The predicted octanol–water partition coefficient (Wildman–Crippen LogP) is 0.191. The van der Waals surface area contributed by atoms with Gasteiger partial charge in [0.25, 0.3) is 5.91 Å². The van der Waals surface area contributed by atoms with Crippen molar-refractivity contribution in [1.29, 1.82) is 0 Å². The van der Waals surface area contributed by atoms with E-state index in [1.807, 2.05) is 0 Å². The molecule has 0 heterocycles. The molecule has 0 aromatic heterocycles. The summed E-state index contributed by atoms with van der Waals surface area (Å²) in [5.74, 6) is 0.362. The van der Waals surface area contributed by atoms with Crippen molar-refractivity contribution < 1.29 is 23.1 Å². The third-order valence-corrected chi connectivity index (χ3v) is 4.82. The zero-order valence-corrected chi connectivity index (χ0v) is 13.0. The molecule has 0 saturated heterocycles. The first-order valence-electron chi connectivity index (χ1n) is 6.92. The van der Waals surface area contributed by atoms with Crippen molar-refractivity contribution >= 4 is 21.9 Å². The maximum Gasteiger partial charge on any atom is 0.326 e. The van der Waals surface area contributed by atoms with Gasteiger partial charge < -0.3 is 10.4 Å². The van der Waals surface area contributed by atoms with Crippen molar-refractivity contribution in [1.82, 2.24) is 10.0 Å². The van der Waals surface area contributed by atoms with Crippen molar-refractivity contribution in [2.45, 2.75) is 23.8 Å². The highest BCUT2D eigenvalue weighted by molar-refractivity contribution is 7.89. The molecule has 7 nitrogen and oxygen atoms in total. The first-order valence-corrected chi connectivity index (χ1v) is 8.40. The Morgan fingerprint density at radius 3 is 2.65 bits per heavy atom. The molecule has 23 heavy (non-hydrogen) atoms. The van der Waals surface area contributed by atoms with Gasteiger partial charge in [-0.25, -0.2) is 13.2 Å². The highest BCUT2D eigenvalue weighted by Crippen LogP contribution is 2.32. The van der Waals surface area contributed by atoms with Gasteiger partial charge in [-0.15, -0.1) is 6.42 Å². The topological polar surface area (TPSA) is 113 Å². The fraction of sp³-hybridized carbons (Fsp3) is 0.333. The van der Waals surface area contributed by atoms with Gasteiger partial charge in [-0.05, 0) is 37.0 Å². The standard InChI is InChI=1S/C15H16N2O5S/c1-2-8-16-23(21,22)12-5-3-4-11(9-12)14(18)17-13(15(19)20)10-6-7-10/h1,3-5,9-10,13,16H,6-8H2,(H,17,18)(H,19,20). The van der Waals surface area contributed by atoms with Gasteiger partial charge >= 0.3 is 5.97 Å². The average Bonchev–Trinajstić information content (AvgIpc) is 3.35. The molecule has 1 aliphatic carbocycles. The molecule has 1 atom stereocenters. The predicted molar refractivity (Wildman–Crippen MR) is 82.1 cm³/mol. The van der Waals surface area contributed by atoms with E-state index in [2.05, 4.69) is 16.0 Å². The van der Waals surface area contributed by atoms with E-state index in [1.165, 1.54) is 24.3 Å². The number of nitrogens with one attached hydrogen (secondary N) is 2. The van der Waals surface area contributed by atoms with Gasteiger partial charge in [0, 0.05) is 5.56 Å². The van der Waals surface area contributed by atoms with Gasteiger partial charge in [0.05, 0.1) is 11.4 Å². The van der Waals surface area contributed by atoms with Crippen LogP contribution in [0.3, 0.4) is 0 Å². The Kier molecular flexibility index (Phi) is 5.03. The fourth-order valence-electron chi connectivity index (χ4n) is 2.06. The van der Waals surface area contributed by atoms with Crippen LogP contribution in [-0.4, -0.2) is 38.0 Å². The number of carbonyl (C=O) groups excluding carboxylic acids is 1. The molecule has 8 heteroatoms. The smallest absolute Gasteiger partial charge is 0.326 e. The molecule has 1 unspecified atom stereocenters. The normalized spacial score (nSPS) is 15.4. The highest BCUT2D eigenvalue weighted by Gasteiger charge is 2.37. The molecule has 1 aromatic carbocycles. The Bertz CT molecular complexity index is 762. The second-order valence-corrected chi connectivity index (χ2v) is 6.95. The van der Waals surface area contributed by atoms with E-state index in [0.717, 1.165) is 12.8 Å². The Morgan fingerprint density at radius 1 is 1.39 bits per heavy atom. The van der Waals surface area contributed by atoms with Crippen LogP contribution in [0.15, 0.2) is 29.2 Å². The molecule has 122 valence electrons. The van der Waals surface area contributed by atoms with Crippen LogP contribution < -0.4 is 10.0 Å². The minimum absolute atomic E-state index is 0.0688.